The highest BCUT2D eigenvalue weighted by Gasteiger charge is 2.71. The SMILES string of the molecule is NC(=O)Cc1ccccc1CC[C@]12CCC3=Cc4c(cnn4-c4ccc(F)cc4)CC31C2. The summed E-state index contributed by atoms with van der Waals surface area (Å²) < 4.78 is 15.3. The largest absolute Gasteiger partial charge is 0.369 e. The predicted octanol–water partition coefficient (Wildman–Crippen LogP) is 4.78. The number of aromatic nitrogens is 2. The normalized spacial score (nSPS) is 25.0. The Morgan fingerprint density at radius 3 is 2.69 bits per heavy atom. The first-order chi connectivity index (χ1) is 15.5. The van der Waals surface area contributed by atoms with Crippen LogP contribution in [0.25, 0.3) is 11.8 Å². The van der Waals surface area contributed by atoms with Gasteiger partial charge in [-0.1, -0.05) is 29.8 Å². The number of hydrogen-bond acceptors (Lipinski definition) is 2. The maximum Gasteiger partial charge on any atom is 0.221 e. The van der Waals surface area contributed by atoms with E-state index in [1.54, 1.807) is 17.7 Å². The molecule has 1 spiro atoms. The molecule has 2 aromatic carbocycles. The van der Waals surface area contributed by atoms with Crippen molar-refractivity contribution in [3.05, 3.63) is 88.5 Å². The minimum atomic E-state index is -0.275. The maximum atomic E-state index is 13.4. The van der Waals surface area contributed by atoms with Gasteiger partial charge >= 0.3 is 0 Å². The minimum absolute atomic E-state index is 0.233. The van der Waals surface area contributed by atoms with E-state index in [4.69, 9.17) is 5.73 Å². The highest BCUT2D eigenvalue weighted by atomic mass is 19.1. The molecule has 3 aliphatic rings. The van der Waals surface area contributed by atoms with Crippen molar-refractivity contribution in [2.24, 2.45) is 16.6 Å². The molecule has 1 heterocycles. The molecule has 3 aromatic rings. The molecule has 2 N–H and O–H groups in total. The molecule has 1 unspecified atom stereocenters. The second kappa shape index (κ2) is 6.89. The number of fused-ring (bicyclic) bond motifs is 1. The summed E-state index contributed by atoms with van der Waals surface area (Å²) in [6.07, 6.45) is 11.4. The van der Waals surface area contributed by atoms with E-state index in [1.165, 1.54) is 36.1 Å². The van der Waals surface area contributed by atoms with Crippen LogP contribution in [0.4, 0.5) is 4.39 Å². The highest BCUT2D eigenvalue weighted by molar-refractivity contribution is 5.77. The molecule has 6 rings (SSSR count). The molecular formula is C27H26FN3O. The smallest absolute Gasteiger partial charge is 0.221 e. The third-order valence-corrected chi connectivity index (χ3v) is 8.13. The third kappa shape index (κ3) is 2.87. The van der Waals surface area contributed by atoms with Crippen molar-refractivity contribution >= 4 is 12.0 Å². The molecule has 32 heavy (non-hydrogen) atoms. The van der Waals surface area contributed by atoms with Crippen molar-refractivity contribution in [1.82, 2.24) is 9.78 Å². The summed E-state index contributed by atoms with van der Waals surface area (Å²) in [7, 11) is 0. The summed E-state index contributed by atoms with van der Waals surface area (Å²) in [4.78, 5) is 11.5. The summed E-state index contributed by atoms with van der Waals surface area (Å²) in [5.41, 5.74) is 13.3. The summed E-state index contributed by atoms with van der Waals surface area (Å²) in [6.45, 7) is 0. The van der Waals surface area contributed by atoms with E-state index < -0.39 is 0 Å². The van der Waals surface area contributed by atoms with E-state index in [-0.39, 0.29) is 17.1 Å². The van der Waals surface area contributed by atoms with Gasteiger partial charge in [-0.3, -0.25) is 4.79 Å². The molecule has 0 bridgehead atoms. The fraction of sp³-hybridized carbons (Fsp3) is 0.333. The van der Waals surface area contributed by atoms with E-state index in [1.807, 2.05) is 23.0 Å². The van der Waals surface area contributed by atoms with Gasteiger partial charge < -0.3 is 5.73 Å². The molecule has 4 nitrogen and oxygen atoms in total. The monoisotopic (exact) mass is 427 g/mol. The van der Waals surface area contributed by atoms with Gasteiger partial charge in [0.15, 0.2) is 0 Å². The van der Waals surface area contributed by atoms with Crippen LogP contribution in [0, 0.1) is 16.6 Å². The molecule has 5 heteroatoms. The number of aryl methyl sites for hydroxylation is 1. The summed E-state index contributed by atoms with van der Waals surface area (Å²) in [5.74, 6) is -0.509. The molecule has 2 saturated carbocycles. The topological polar surface area (TPSA) is 60.9 Å². The van der Waals surface area contributed by atoms with Crippen LogP contribution in [0.15, 0.2) is 60.3 Å². The lowest BCUT2D eigenvalue weighted by atomic mass is 9.80. The number of halogens is 1. The quantitative estimate of drug-likeness (QED) is 0.615. The van der Waals surface area contributed by atoms with Crippen molar-refractivity contribution in [3.63, 3.8) is 0 Å². The van der Waals surface area contributed by atoms with E-state index in [9.17, 15) is 9.18 Å². The zero-order valence-corrected chi connectivity index (χ0v) is 18.0. The number of nitrogens with zero attached hydrogens (tertiary/aromatic N) is 2. The molecular weight excluding hydrogens is 401 g/mol. The van der Waals surface area contributed by atoms with Crippen LogP contribution < -0.4 is 5.73 Å². The molecule has 1 amide bonds. The van der Waals surface area contributed by atoms with Gasteiger partial charge in [0.05, 0.1) is 24.0 Å². The Kier molecular flexibility index (Phi) is 4.19. The summed E-state index contributed by atoms with van der Waals surface area (Å²) >= 11 is 0. The van der Waals surface area contributed by atoms with Crippen molar-refractivity contribution in [2.45, 2.75) is 44.9 Å². The fourth-order valence-corrected chi connectivity index (χ4v) is 6.45. The zero-order valence-electron chi connectivity index (χ0n) is 18.0. The number of rotatable bonds is 6. The molecule has 0 radical (unpaired) electrons. The van der Waals surface area contributed by atoms with Gasteiger partial charge in [-0.15, -0.1) is 0 Å². The molecule has 2 fully saturated rings. The van der Waals surface area contributed by atoms with Crippen molar-refractivity contribution in [2.75, 3.05) is 0 Å². The number of allylic oxidation sites excluding steroid dienone is 1. The third-order valence-electron chi connectivity index (χ3n) is 8.13. The van der Waals surface area contributed by atoms with E-state index in [0.717, 1.165) is 42.6 Å². The second-order valence-electron chi connectivity index (χ2n) is 9.74. The number of carbonyl (C=O) groups is 1. The first kappa shape index (κ1) is 19.5. The molecule has 2 atom stereocenters. The highest BCUT2D eigenvalue weighted by Crippen LogP contribution is 2.79. The lowest BCUT2D eigenvalue weighted by molar-refractivity contribution is -0.117. The van der Waals surface area contributed by atoms with Crippen LogP contribution in [-0.2, 0) is 24.1 Å². The average Bonchev–Trinajstić information content (AvgIpc) is 3.06. The van der Waals surface area contributed by atoms with E-state index >= 15 is 0 Å². The molecule has 162 valence electrons. The number of nitrogens with two attached hydrogens (primary N) is 1. The van der Waals surface area contributed by atoms with Gasteiger partial charge in [-0.2, -0.15) is 5.10 Å². The zero-order chi connectivity index (χ0) is 21.9. The predicted molar refractivity (Wildman–Crippen MR) is 122 cm³/mol. The lowest BCUT2D eigenvalue weighted by Gasteiger charge is -2.24. The molecule has 1 aromatic heterocycles. The van der Waals surface area contributed by atoms with Gasteiger partial charge in [0, 0.05) is 5.41 Å². The summed E-state index contributed by atoms with van der Waals surface area (Å²) in [6, 6.07) is 14.7. The van der Waals surface area contributed by atoms with Gasteiger partial charge in [0.25, 0.3) is 0 Å². The first-order valence-corrected chi connectivity index (χ1v) is 11.4. The van der Waals surface area contributed by atoms with E-state index in [2.05, 4.69) is 23.3 Å². The molecule has 0 saturated heterocycles. The number of amides is 1. The second-order valence-corrected chi connectivity index (χ2v) is 9.74. The minimum Gasteiger partial charge on any atom is -0.369 e. The average molecular weight is 428 g/mol. The van der Waals surface area contributed by atoms with Crippen LogP contribution >= 0.6 is 0 Å². The fourth-order valence-electron chi connectivity index (χ4n) is 6.45. The van der Waals surface area contributed by atoms with Gasteiger partial charge in [0.1, 0.15) is 5.82 Å². The Morgan fingerprint density at radius 1 is 1.12 bits per heavy atom. The van der Waals surface area contributed by atoms with Crippen LogP contribution in [0.2, 0.25) is 0 Å². The maximum absolute atomic E-state index is 13.4. The van der Waals surface area contributed by atoms with E-state index in [0.29, 0.717) is 11.8 Å². The Labute approximate surface area is 186 Å². The van der Waals surface area contributed by atoms with Crippen LogP contribution in [0.5, 0.6) is 0 Å². The Hall–Kier alpha value is -3.21. The van der Waals surface area contributed by atoms with Crippen LogP contribution in [0.3, 0.4) is 0 Å². The van der Waals surface area contributed by atoms with Gasteiger partial charge in [0.2, 0.25) is 5.91 Å². The van der Waals surface area contributed by atoms with Crippen molar-refractivity contribution in [1.29, 1.82) is 0 Å². The standard InChI is InChI=1S/C27H26FN3O/c28-22-5-7-23(8-6-22)31-24-14-21-10-12-26(17-27(21,26)15-20(24)16-30-31)11-9-18-3-1-2-4-19(18)13-25(29)32/h1-8,14,16H,9-13,15,17H2,(H2,29,32)/t26-,27?/m1/s1. The number of benzene rings is 2. The van der Waals surface area contributed by atoms with Gasteiger partial charge in [-0.25, -0.2) is 9.07 Å². The Morgan fingerprint density at radius 2 is 1.91 bits per heavy atom. The summed E-state index contributed by atoms with van der Waals surface area (Å²) in [5, 5.41) is 4.64. The number of carbonyl (C=O) groups excluding carboxylic acids is 1. The number of hydrogen-bond donors (Lipinski definition) is 1. The molecule has 0 aliphatic heterocycles. The van der Waals surface area contributed by atoms with Gasteiger partial charge in [-0.05, 0) is 91.0 Å². The van der Waals surface area contributed by atoms with Crippen molar-refractivity contribution < 1.29 is 9.18 Å². The van der Waals surface area contributed by atoms with Crippen molar-refractivity contribution in [3.8, 4) is 5.69 Å². The van der Waals surface area contributed by atoms with Crippen LogP contribution in [0.1, 0.15) is 48.1 Å². The Bertz CT molecular complexity index is 1260. The van der Waals surface area contributed by atoms with Crippen LogP contribution in [-0.4, -0.2) is 15.7 Å². The number of primary amides is 1. The lowest BCUT2D eigenvalue weighted by Crippen LogP contribution is -2.18. The Balaban J connectivity index is 1.25. The molecule has 3 aliphatic carbocycles. The first-order valence-electron chi connectivity index (χ1n) is 11.4.